The molecule has 9 nitrogen and oxygen atoms in total. The Bertz CT molecular complexity index is 650. The van der Waals surface area contributed by atoms with Gasteiger partial charge >= 0.3 is 12.0 Å². The summed E-state index contributed by atoms with van der Waals surface area (Å²) < 4.78 is 0. The number of amides is 4. The summed E-state index contributed by atoms with van der Waals surface area (Å²) in [6, 6.07) is 7.27. The van der Waals surface area contributed by atoms with Crippen molar-refractivity contribution in [1.29, 1.82) is 0 Å². The molecule has 0 unspecified atom stereocenters. The van der Waals surface area contributed by atoms with Crippen molar-refractivity contribution in [2.24, 2.45) is 11.5 Å². The number of hydroxylamine groups is 2. The zero-order valence-electron chi connectivity index (χ0n) is 15.4. The fraction of sp³-hybridized carbons (Fsp3) is 0.444. The molecule has 0 radical (unpaired) electrons. The van der Waals surface area contributed by atoms with Crippen molar-refractivity contribution in [2.45, 2.75) is 32.1 Å². The zero-order valence-corrected chi connectivity index (χ0v) is 15.4. The number of carbonyl (C=O) groups is 4. The minimum Gasteiger partial charge on any atom is -0.351 e. The first kappa shape index (κ1) is 22.1. The Morgan fingerprint density at radius 2 is 1.63 bits per heavy atom. The minimum atomic E-state index is -0.921. The molecule has 148 valence electrons. The van der Waals surface area contributed by atoms with E-state index >= 15 is 0 Å². The van der Waals surface area contributed by atoms with Crippen LogP contribution in [-0.2, 0) is 14.4 Å². The number of nitrogens with two attached hydrogens (primary N) is 2. The molecule has 0 saturated heterocycles. The molecule has 0 heterocycles. The summed E-state index contributed by atoms with van der Waals surface area (Å²) >= 11 is 0. The van der Waals surface area contributed by atoms with Gasteiger partial charge in [0.25, 0.3) is 5.91 Å². The first-order valence-electron chi connectivity index (χ1n) is 8.70. The highest BCUT2D eigenvalue weighted by Gasteiger charge is 2.22. The highest BCUT2D eigenvalue weighted by molar-refractivity contribution is 5.94. The second kappa shape index (κ2) is 11.6. The number of nitrogens with zero attached hydrogens (tertiary/aromatic N) is 2. The molecule has 0 aliphatic rings. The van der Waals surface area contributed by atoms with Crippen LogP contribution in [0.25, 0.3) is 0 Å². The van der Waals surface area contributed by atoms with E-state index in [9.17, 15) is 19.2 Å². The van der Waals surface area contributed by atoms with Crippen LogP contribution >= 0.6 is 0 Å². The maximum Gasteiger partial charge on any atom is 0.363 e. The number of imide groups is 1. The number of benzene rings is 1. The maximum atomic E-state index is 12.1. The van der Waals surface area contributed by atoms with E-state index in [0.717, 1.165) is 22.8 Å². The monoisotopic (exact) mass is 378 g/mol. The zero-order chi connectivity index (χ0) is 20.2. The first-order chi connectivity index (χ1) is 12.9. The molecule has 27 heavy (non-hydrogen) atoms. The lowest BCUT2D eigenvalue weighted by Crippen LogP contribution is -2.43. The average Bonchev–Trinajstić information content (AvgIpc) is 2.65. The van der Waals surface area contributed by atoms with Crippen molar-refractivity contribution >= 4 is 23.8 Å². The predicted octanol–water partition coefficient (Wildman–Crippen LogP) is 1.03. The van der Waals surface area contributed by atoms with Crippen LogP contribution < -0.4 is 11.5 Å². The van der Waals surface area contributed by atoms with Crippen LogP contribution in [-0.4, -0.2) is 53.9 Å². The molecule has 1 rings (SSSR count). The van der Waals surface area contributed by atoms with E-state index in [2.05, 4.69) is 0 Å². The van der Waals surface area contributed by atoms with Crippen LogP contribution in [0.15, 0.2) is 30.3 Å². The summed E-state index contributed by atoms with van der Waals surface area (Å²) in [5.74, 6) is -1.70. The van der Waals surface area contributed by atoms with Gasteiger partial charge in [0.1, 0.15) is 0 Å². The molecular formula is C18H26N4O5. The third-order valence-electron chi connectivity index (χ3n) is 3.79. The van der Waals surface area contributed by atoms with Gasteiger partial charge in [-0.2, -0.15) is 5.06 Å². The minimum absolute atomic E-state index is 0.149. The fourth-order valence-corrected chi connectivity index (χ4v) is 2.26. The van der Waals surface area contributed by atoms with Gasteiger partial charge in [0, 0.05) is 26.4 Å². The van der Waals surface area contributed by atoms with Crippen molar-refractivity contribution in [3.8, 4) is 0 Å². The topological polar surface area (TPSA) is 136 Å². The van der Waals surface area contributed by atoms with Gasteiger partial charge < -0.3 is 16.3 Å². The lowest BCUT2D eigenvalue weighted by Gasteiger charge is -2.20. The molecule has 0 saturated carbocycles. The van der Waals surface area contributed by atoms with Crippen LogP contribution in [0, 0.1) is 0 Å². The molecule has 1 aromatic rings. The molecule has 0 aromatic heterocycles. The van der Waals surface area contributed by atoms with Crippen molar-refractivity contribution < 1.29 is 24.0 Å². The molecule has 0 aliphatic carbocycles. The summed E-state index contributed by atoms with van der Waals surface area (Å²) in [6.45, 7) is 0.355. The Morgan fingerprint density at radius 3 is 2.22 bits per heavy atom. The summed E-state index contributed by atoms with van der Waals surface area (Å²) in [6.07, 6.45) is 2.08. The maximum absolute atomic E-state index is 12.1. The van der Waals surface area contributed by atoms with Gasteiger partial charge in [-0.05, 0) is 31.5 Å². The van der Waals surface area contributed by atoms with Crippen LogP contribution in [0.3, 0.4) is 0 Å². The van der Waals surface area contributed by atoms with E-state index < -0.39 is 23.8 Å². The molecule has 0 fully saturated rings. The summed E-state index contributed by atoms with van der Waals surface area (Å²) in [5, 5.41) is 0.778. The van der Waals surface area contributed by atoms with Crippen LogP contribution in [0.2, 0.25) is 0 Å². The summed E-state index contributed by atoms with van der Waals surface area (Å²) in [5.41, 5.74) is 10.9. The van der Waals surface area contributed by atoms with Crippen molar-refractivity contribution in [3.05, 3.63) is 35.9 Å². The lowest BCUT2D eigenvalue weighted by molar-refractivity contribution is -0.161. The van der Waals surface area contributed by atoms with Gasteiger partial charge in [-0.3, -0.25) is 14.5 Å². The standard InChI is InChI=1S/C18H26N4O5/c1-21(27-17(25)14-8-4-2-5-9-14)15(23)11-13-22(18(20)26)16(24)10-6-3-7-12-19/h2,4-5,8-9H,3,6-7,10-13,19H2,1H3,(H2,20,26). The third kappa shape index (κ3) is 7.87. The van der Waals surface area contributed by atoms with Crippen LogP contribution in [0.1, 0.15) is 42.5 Å². The Labute approximate surface area is 158 Å². The van der Waals surface area contributed by atoms with E-state index in [1.54, 1.807) is 30.3 Å². The number of unbranched alkanes of at least 4 members (excludes halogenated alkanes) is 2. The SMILES string of the molecule is CN(OC(=O)c1ccccc1)C(=O)CCN(C(N)=O)C(=O)CCCCCN. The second-order valence-corrected chi connectivity index (χ2v) is 5.87. The Kier molecular flexibility index (Phi) is 9.52. The average molecular weight is 378 g/mol. The van der Waals surface area contributed by atoms with Crippen molar-refractivity contribution in [3.63, 3.8) is 0 Å². The van der Waals surface area contributed by atoms with Crippen molar-refractivity contribution in [2.75, 3.05) is 20.1 Å². The molecular weight excluding hydrogens is 352 g/mol. The van der Waals surface area contributed by atoms with Crippen molar-refractivity contribution in [1.82, 2.24) is 9.96 Å². The van der Waals surface area contributed by atoms with E-state index in [-0.39, 0.29) is 19.4 Å². The van der Waals surface area contributed by atoms with Gasteiger partial charge in [0.2, 0.25) is 5.91 Å². The lowest BCUT2D eigenvalue weighted by atomic mass is 10.2. The van der Waals surface area contributed by atoms with Gasteiger partial charge in [0.15, 0.2) is 0 Å². The number of primary amides is 1. The van der Waals surface area contributed by atoms with Gasteiger partial charge in [-0.25, -0.2) is 9.59 Å². The molecule has 0 aliphatic heterocycles. The number of urea groups is 1. The smallest absolute Gasteiger partial charge is 0.351 e. The highest BCUT2D eigenvalue weighted by Crippen LogP contribution is 2.07. The Morgan fingerprint density at radius 1 is 0.963 bits per heavy atom. The third-order valence-corrected chi connectivity index (χ3v) is 3.79. The molecule has 4 N–H and O–H groups in total. The van der Waals surface area contributed by atoms with E-state index in [0.29, 0.717) is 18.5 Å². The summed E-state index contributed by atoms with van der Waals surface area (Å²) in [7, 11) is 1.28. The van der Waals surface area contributed by atoms with Gasteiger partial charge in [-0.1, -0.05) is 24.6 Å². The quantitative estimate of drug-likeness (QED) is 0.486. The number of hydrogen-bond acceptors (Lipinski definition) is 6. The first-order valence-corrected chi connectivity index (χ1v) is 8.70. The number of hydrogen-bond donors (Lipinski definition) is 2. The fourth-order valence-electron chi connectivity index (χ4n) is 2.26. The largest absolute Gasteiger partial charge is 0.363 e. The predicted molar refractivity (Wildman–Crippen MR) is 98.1 cm³/mol. The molecule has 0 atom stereocenters. The molecule has 1 aromatic carbocycles. The summed E-state index contributed by atoms with van der Waals surface area (Å²) in [4.78, 5) is 53.4. The molecule has 0 spiro atoms. The van der Waals surface area contributed by atoms with Gasteiger partial charge in [0.05, 0.1) is 5.56 Å². The number of rotatable bonds is 9. The normalized spacial score (nSPS) is 10.1. The molecule has 4 amide bonds. The molecule has 9 heteroatoms. The second-order valence-electron chi connectivity index (χ2n) is 5.87. The van der Waals surface area contributed by atoms with Gasteiger partial charge in [-0.15, -0.1) is 0 Å². The van der Waals surface area contributed by atoms with E-state index in [1.165, 1.54) is 7.05 Å². The highest BCUT2D eigenvalue weighted by atomic mass is 16.7. The Hall–Kier alpha value is -2.94. The van der Waals surface area contributed by atoms with Crippen LogP contribution in [0.5, 0.6) is 0 Å². The van der Waals surface area contributed by atoms with Crippen LogP contribution in [0.4, 0.5) is 4.79 Å². The van der Waals surface area contributed by atoms with E-state index in [1.807, 2.05) is 0 Å². The molecule has 0 bridgehead atoms. The number of carbonyl (C=O) groups excluding carboxylic acids is 4. The Balaban J connectivity index is 2.49. The van der Waals surface area contributed by atoms with E-state index in [4.69, 9.17) is 16.3 Å².